The minimum Gasteiger partial charge on any atom is -0.326 e. The van der Waals surface area contributed by atoms with Crippen LogP contribution in [0.2, 0.25) is 0 Å². The van der Waals surface area contributed by atoms with Crippen LogP contribution in [-0.2, 0) is 6.54 Å². The number of benzene rings is 1. The molecule has 0 aliphatic carbocycles. The molecule has 1 saturated heterocycles. The molecule has 0 radical (unpaired) electrons. The number of hydrogen-bond acceptors (Lipinski definition) is 3. The van der Waals surface area contributed by atoms with Crippen LogP contribution in [0.15, 0.2) is 42.7 Å². The van der Waals surface area contributed by atoms with Crippen molar-refractivity contribution in [2.75, 3.05) is 13.1 Å². The normalized spacial score (nSPS) is 21.0. The third kappa shape index (κ3) is 4.41. The highest BCUT2D eigenvalue weighted by Gasteiger charge is 2.31. The second kappa shape index (κ2) is 8.59. The average molecular weight is 365 g/mol. The first-order valence-corrected chi connectivity index (χ1v) is 6.98. The first-order chi connectivity index (χ1) is 10.1. The molecule has 2 atom stereocenters. The van der Waals surface area contributed by atoms with E-state index in [1.807, 2.05) is 18.2 Å². The van der Waals surface area contributed by atoms with Gasteiger partial charge in [0, 0.05) is 37.4 Å². The number of hydrogen-bond donors (Lipinski definition) is 1. The lowest BCUT2D eigenvalue weighted by molar-refractivity contribution is 0.0645. The summed E-state index contributed by atoms with van der Waals surface area (Å²) >= 11 is 0. The highest BCUT2D eigenvalue weighted by molar-refractivity contribution is 5.85. The summed E-state index contributed by atoms with van der Waals surface area (Å²) in [7, 11) is 0. The topological polar surface area (TPSA) is 47.1 Å². The Morgan fingerprint density at radius 1 is 1.17 bits per heavy atom. The molecule has 0 unspecified atom stereocenters. The number of nitrogens with zero attached hydrogens (tertiary/aromatic N) is 3. The van der Waals surface area contributed by atoms with Gasteiger partial charge in [0.25, 0.3) is 0 Å². The number of halogens is 4. The summed E-state index contributed by atoms with van der Waals surface area (Å²) in [6, 6.07) is 10.1. The van der Waals surface area contributed by atoms with E-state index in [-0.39, 0.29) is 36.8 Å². The highest BCUT2D eigenvalue weighted by atomic mass is 35.5. The molecular weight excluding hydrogens is 345 g/mol. The van der Waals surface area contributed by atoms with E-state index in [1.165, 1.54) is 18.0 Å². The molecular formula is C15H20Cl2F2N4. The van der Waals surface area contributed by atoms with E-state index >= 15 is 0 Å². The SMILES string of the molecule is Cl.Cl.N[C@@H]1CN(Cc2nccn2C(F)F)C[C@H]1c1ccccc1. The highest BCUT2D eigenvalue weighted by Crippen LogP contribution is 2.27. The van der Waals surface area contributed by atoms with Gasteiger partial charge in [0.1, 0.15) is 5.82 Å². The molecule has 2 aromatic rings. The second-order valence-electron chi connectivity index (χ2n) is 5.40. The van der Waals surface area contributed by atoms with Crippen LogP contribution in [-0.4, -0.2) is 33.6 Å². The fourth-order valence-electron chi connectivity index (χ4n) is 2.94. The second-order valence-corrected chi connectivity index (χ2v) is 5.40. The molecule has 0 amide bonds. The predicted molar refractivity (Wildman–Crippen MR) is 90.4 cm³/mol. The molecule has 2 heterocycles. The summed E-state index contributed by atoms with van der Waals surface area (Å²) in [4.78, 5) is 6.11. The van der Waals surface area contributed by atoms with Crippen LogP contribution >= 0.6 is 24.8 Å². The molecule has 0 saturated carbocycles. The van der Waals surface area contributed by atoms with E-state index in [4.69, 9.17) is 5.73 Å². The summed E-state index contributed by atoms with van der Waals surface area (Å²) in [6.07, 6.45) is 2.72. The van der Waals surface area contributed by atoms with Crippen molar-refractivity contribution >= 4 is 24.8 Å². The molecule has 0 bridgehead atoms. The number of likely N-dealkylation sites (tertiary alicyclic amines) is 1. The van der Waals surface area contributed by atoms with E-state index in [0.717, 1.165) is 11.1 Å². The lowest BCUT2D eigenvalue weighted by Gasteiger charge is -2.16. The van der Waals surface area contributed by atoms with Crippen LogP contribution in [0.25, 0.3) is 0 Å². The molecule has 1 aliphatic heterocycles. The zero-order chi connectivity index (χ0) is 14.8. The zero-order valence-corrected chi connectivity index (χ0v) is 14.0. The standard InChI is InChI=1S/C15H18F2N4.2ClH/c16-15(17)21-7-6-19-14(21)10-20-8-12(13(18)9-20)11-4-2-1-3-5-11;;/h1-7,12-13,15H,8-10,18H2;2*1H/t12-,13+;;/m0../s1. The third-order valence-electron chi connectivity index (χ3n) is 3.99. The monoisotopic (exact) mass is 364 g/mol. The Morgan fingerprint density at radius 2 is 1.87 bits per heavy atom. The Morgan fingerprint density at radius 3 is 2.52 bits per heavy atom. The van der Waals surface area contributed by atoms with Crippen LogP contribution in [0.5, 0.6) is 0 Å². The Bertz CT molecular complexity index is 594. The molecule has 0 spiro atoms. The van der Waals surface area contributed by atoms with Crippen molar-refractivity contribution in [1.29, 1.82) is 0 Å². The molecule has 23 heavy (non-hydrogen) atoms. The smallest absolute Gasteiger partial charge is 0.319 e. The van der Waals surface area contributed by atoms with Gasteiger partial charge in [-0.1, -0.05) is 30.3 Å². The molecule has 4 nitrogen and oxygen atoms in total. The summed E-state index contributed by atoms with van der Waals surface area (Å²) < 4.78 is 26.6. The minimum absolute atomic E-state index is 0. The molecule has 8 heteroatoms. The summed E-state index contributed by atoms with van der Waals surface area (Å²) in [5, 5.41) is 0. The van der Waals surface area contributed by atoms with Gasteiger partial charge in [0.05, 0.1) is 6.54 Å². The fraction of sp³-hybridized carbons (Fsp3) is 0.400. The van der Waals surface area contributed by atoms with Gasteiger partial charge in [-0.3, -0.25) is 9.47 Å². The van der Waals surface area contributed by atoms with E-state index in [9.17, 15) is 8.78 Å². The lowest BCUT2D eigenvalue weighted by atomic mass is 9.95. The van der Waals surface area contributed by atoms with E-state index < -0.39 is 6.55 Å². The molecule has 2 N–H and O–H groups in total. The molecule has 128 valence electrons. The molecule has 1 aromatic heterocycles. The third-order valence-corrected chi connectivity index (χ3v) is 3.99. The van der Waals surface area contributed by atoms with Crippen molar-refractivity contribution in [1.82, 2.24) is 14.5 Å². The van der Waals surface area contributed by atoms with Gasteiger partial charge >= 0.3 is 6.55 Å². The molecule has 1 fully saturated rings. The maximum atomic E-state index is 12.8. The van der Waals surface area contributed by atoms with E-state index in [0.29, 0.717) is 18.9 Å². The number of nitrogens with two attached hydrogens (primary N) is 1. The number of rotatable bonds is 4. The van der Waals surface area contributed by atoms with E-state index in [1.54, 1.807) is 0 Å². The van der Waals surface area contributed by atoms with Gasteiger partial charge in [-0.2, -0.15) is 8.78 Å². The summed E-state index contributed by atoms with van der Waals surface area (Å²) in [5.41, 5.74) is 7.41. The van der Waals surface area contributed by atoms with Crippen LogP contribution < -0.4 is 5.73 Å². The fourth-order valence-corrected chi connectivity index (χ4v) is 2.94. The number of aromatic nitrogens is 2. The van der Waals surface area contributed by atoms with Gasteiger partial charge in [-0.25, -0.2) is 4.98 Å². The largest absolute Gasteiger partial charge is 0.326 e. The lowest BCUT2D eigenvalue weighted by Crippen LogP contribution is -2.29. The van der Waals surface area contributed by atoms with Gasteiger partial charge in [-0.15, -0.1) is 24.8 Å². The number of imidazole rings is 1. The van der Waals surface area contributed by atoms with Crippen molar-refractivity contribution < 1.29 is 8.78 Å². The first-order valence-electron chi connectivity index (χ1n) is 6.98. The minimum atomic E-state index is -2.55. The predicted octanol–water partition coefficient (Wildman–Crippen LogP) is 3.05. The van der Waals surface area contributed by atoms with Gasteiger partial charge in [0.15, 0.2) is 0 Å². The first kappa shape index (κ1) is 19.8. The molecule has 3 rings (SSSR count). The molecule has 1 aliphatic rings. The van der Waals surface area contributed by atoms with Crippen LogP contribution in [0.3, 0.4) is 0 Å². The Kier molecular flexibility index (Phi) is 7.41. The van der Waals surface area contributed by atoms with Crippen molar-refractivity contribution in [2.45, 2.75) is 25.1 Å². The summed E-state index contributed by atoms with van der Waals surface area (Å²) in [5.74, 6) is 0.618. The van der Waals surface area contributed by atoms with Crippen LogP contribution in [0, 0.1) is 0 Å². The Balaban J connectivity index is 0.00000132. The van der Waals surface area contributed by atoms with Gasteiger partial charge in [-0.05, 0) is 5.56 Å². The maximum Gasteiger partial charge on any atom is 0.319 e. The Hall–Kier alpha value is -1.21. The van der Waals surface area contributed by atoms with E-state index in [2.05, 4.69) is 22.0 Å². The molecule has 1 aromatic carbocycles. The van der Waals surface area contributed by atoms with Crippen molar-refractivity contribution in [2.24, 2.45) is 5.73 Å². The maximum absolute atomic E-state index is 12.8. The van der Waals surface area contributed by atoms with Gasteiger partial charge < -0.3 is 5.73 Å². The summed E-state index contributed by atoms with van der Waals surface area (Å²) in [6.45, 7) is -0.700. The van der Waals surface area contributed by atoms with Gasteiger partial charge in [0.2, 0.25) is 0 Å². The number of alkyl halides is 2. The van der Waals surface area contributed by atoms with Crippen LogP contribution in [0.1, 0.15) is 23.9 Å². The Labute approximate surface area is 146 Å². The van der Waals surface area contributed by atoms with Crippen molar-refractivity contribution in [3.8, 4) is 0 Å². The van der Waals surface area contributed by atoms with Crippen molar-refractivity contribution in [3.05, 3.63) is 54.1 Å². The quantitative estimate of drug-likeness (QED) is 0.906. The average Bonchev–Trinajstić information content (AvgIpc) is 3.07. The van der Waals surface area contributed by atoms with Crippen LogP contribution in [0.4, 0.5) is 8.78 Å². The zero-order valence-electron chi connectivity index (χ0n) is 12.4. The van der Waals surface area contributed by atoms with Crippen molar-refractivity contribution in [3.63, 3.8) is 0 Å².